The van der Waals surface area contributed by atoms with Crippen molar-refractivity contribution in [2.75, 3.05) is 13.2 Å². The van der Waals surface area contributed by atoms with Crippen molar-refractivity contribution in [2.24, 2.45) is 11.8 Å². The molecule has 0 radical (unpaired) electrons. The summed E-state index contributed by atoms with van der Waals surface area (Å²) in [6.07, 6.45) is 7.87. The standard InChI is InChI=1S/C21H30F2O2/c1-3-5-6-16-7-9-17(10-8-16)19(22)13-14-25-18-11-12-21(24-4-2)20(23)15-18/h3,11-12,15-17,19H,1,4-10,13-14H2,2H3. The molecule has 0 saturated heterocycles. The molecule has 140 valence electrons. The van der Waals surface area contributed by atoms with Gasteiger partial charge < -0.3 is 9.47 Å². The Morgan fingerprint density at radius 1 is 1.24 bits per heavy atom. The van der Waals surface area contributed by atoms with Crippen LogP contribution in [-0.2, 0) is 0 Å². The molecule has 2 nitrogen and oxygen atoms in total. The Hall–Kier alpha value is -1.58. The van der Waals surface area contributed by atoms with E-state index in [4.69, 9.17) is 9.47 Å². The molecule has 1 fully saturated rings. The fourth-order valence-corrected chi connectivity index (χ4v) is 3.56. The number of rotatable bonds is 10. The molecule has 0 heterocycles. The monoisotopic (exact) mass is 352 g/mol. The van der Waals surface area contributed by atoms with Gasteiger partial charge in [-0.15, -0.1) is 6.58 Å². The molecule has 25 heavy (non-hydrogen) atoms. The average Bonchev–Trinajstić information content (AvgIpc) is 2.62. The van der Waals surface area contributed by atoms with E-state index in [1.54, 1.807) is 19.1 Å². The van der Waals surface area contributed by atoms with Gasteiger partial charge in [0.05, 0.1) is 13.2 Å². The fraction of sp³-hybridized carbons (Fsp3) is 0.619. The molecule has 0 bridgehead atoms. The van der Waals surface area contributed by atoms with Gasteiger partial charge in [0, 0.05) is 12.5 Å². The molecule has 0 aromatic heterocycles. The highest BCUT2D eigenvalue weighted by atomic mass is 19.1. The summed E-state index contributed by atoms with van der Waals surface area (Å²) in [7, 11) is 0. The van der Waals surface area contributed by atoms with E-state index in [1.807, 2.05) is 6.08 Å². The van der Waals surface area contributed by atoms with E-state index in [0.717, 1.165) is 38.0 Å². The molecule has 1 aliphatic carbocycles. The van der Waals surface area contributed by atoms with Crippen molar-refractivity contribution in [3.63, 3.8) is 0 Å². The quantitative estimate of drug-likeness (QED) is 0.473. The minimum Gasteiger partial charge on any atom is -0.493 e. The van der Waals surface area contributed by atoms with Crippen molar-refractivity contribution in [3.05, 3.63) is 36.7 Å². The summed E-state index contributed by atoms with van der Waals surface area (Å²) in [5.74, 6) is 1.05. The number of ether oxygens (including phenoxy) is 2. The van der Waals surface area contributed by atoms with Crippen LogP contribution in [0.2, 0.25) is 0 Å². The van der Waals surface area contributed by atoms with Gasteiger partial charge in [0.2, 0.25) is 0 Å². The Bertz CT molecular complexity index is 525. The number of alkyl halides is 1. The number of hydrogen-bond acceptors (Lipinski definition) is 2. The van der Waals surface area contributed by atoms with Crippen LogP contribution in [0.15, 0.2) is 30.9 Å². The lowest BCUT2D eigenvalue weighted by atomic mass is 9.77. The van der Waals surface area contributed by atoms with Gasteiger partial charge in [-0.05, 0) is 56.6 Å². The smallest absolute Gasteiger partial charge is 0.168 e. The summed E-state index contributed by atoms with van der Waals surface area (Å²) < 4.78 is 38.8. The molecule has 0 aliphatic heterocycles. The fourth-order valence-electron chi connectivity index (χ4n) is 3.56. The number of benzene rings is 1. The van der Waals surface area contributed by atoms with Gasteiger partial charge in [-0.3, -0.25) is 0 Å². The second-order valence-corrected chi connectivity index (χ2v) is 6.83. The van der Waals surface area contributed by atoms with Crippen molar-refractivity contribution in [1.29, 1.82) is 0 Å². The van der Waals surface area contributed by atoms with Crippen molar-refractivity contribution < 1.29 is 18.3 Å². The van der Waals surface area contributed by atoms with Gasteiger partial charge in [0.15, 0.2) is 11.6 Å². The molecule has 1 unspecified atom stereocenters. The highest BCUT2D eigenvalue weighted by Crippen LogP contribution is 2.35. The minimum absolute atomic E-state index is 0.139. The van der Waals surface area contributed by atoms with E-state index < -0.39 is 12.0 Å². The molecule has 2 rings (SSSR count). The first-order valence-corrected chi connectivity index (χ1v) is 9.44. The van der Waals surface area contributed by atoms with Gasteiger partial charge in [0.25, 0.3) is 0 Å². The first-order valence-electron chi connectivity index (χ1n) is 9.44. The number of hydrogen-bond donors (Lipinski definition) is 0. The van der Waals surface area contributed by atoms with Crippen molar-refractivity contribution in [3.8, 4) is 11.5 Å². The first kappa shape index (κ1) is 19.7. The Balaban J connectivity index is 1.69. The van der Waals surface area contributed by atoms with E-state index >= 15 is 0 Å². The Kier molecular flexibility index (Phi) is 8.23. The van der Waals surface area contributed by atoms with Crippen LogP contribution in [0.5, 0.6) is 11.5 Å². The molecule has 1 aromatic carbocycles. The third kappa shape index (κ3) is 6.33. The zero-order valence-corrected chi connectivity index (χ0v) is 15.2. The van der Waals surface area contributed by atoms with Gasteiger partial charge in [-0.2, -0.15) is 0 Å². The Labute approximate surface area is 150 Å². The van der Waals surface area contributed by atoms with Crippen LogP contribution in [-0.4, -0.2) is 19.4 Å². The van der Waals surface area contributed by atoms with Crippen molar-refractivity contribution in [1.82, 2.24) is 0 Å². The lowest BCUT2D eigenvalue weighted by molar-refractivity contribution is 0.128. The summed E-state index contributed by atoms with van der Waals surface area (Å²) in [5.41, 5.74) is 0. The average molecular weight is 352 g/mol. The molecular weight excluding hydrogens is 322 g/mol. The lowest BCUT2D eigenvalue weighted by Crippen LogP contribution is -2.24. The van der Waals surface area contributed by atoms with Crippen LogP contribution in [0.1, 0.15) is 51.9 Å². The highest BCUT2D eigenvalue weighted by Gasteiger charge is 2.27. The van der Waals surface area contributed by atoms with Crippen molar-refractivity contribution in [2.45, 2.75) is 58.0 Å². The van der Waals surface area contributed by atoms with Crippen LogP contribution >= 0.6 is 0 Å². The predicted molar refractivity (Wildman–Crippen MR) is 97.5 cm³/mol. The molecular formula is C21H30F2O2. The largest absolute Gasteiger partial charge is 0.493 e. The maximum atomic E-state index is 14.4. The van der Waals surface area contributed by atoms with Crippen LogP contribution in [0.25, 0.3) is 0 Å². The normalized spacial score (nSPS) is 21.6. The van der Waals surface area contributed by atoms with Crippen LogP contribution in [0.3, 0.4) is 0 Å². The maximum absolute atomic E-state index is 14.4. The summed E-state index contributed by atoms with van der Waals surface area (Å²) in [5, 5.41) is 0. The summed E-state index contributed by atoms with van der Waals surface area (Å²) >= 11 is 0. The summed E-state index contributed by atoms with van der Waals surface area (Å²) in [4.78, 5) is 0. The van der Waals surface area contributed by atoms with E-state index in [9.17, 15) is 8.78 Å². The zero-order valence-electron chi connectivity index (χ0n) is 15.2. The van der Waals surface area contributed by atoms with E-state index in [2.05, 4.69) is 6.58 Å². The molecule has 1 saturated carbocycles. The van der Waals surface area contributed by atoms with Crippen molar-refractivity contribution >= 4 is 0 Å². The van der Waals surface area contributed by atoms with Crippen LogP contribution < -0.4 is 9.47 Å². The molecule has 1 aliphatic rings. The van der Waals surface area contributed by atoms with Gasteiger partial charge in [-0.1, -0.05) is 18.9 Å². The van der Waals surface area contributed by atoms with Crippen LogP contribution in [0, 0.1) is 17.7 Å². The van der Waals surface area contributed by atoms with Gasteiger partial charge >= 0.3 is 0 Å². The molecule has 1 atom stereocenters. The zero-order chi connectivity index (χ0) is 18.1. The van der Waals surface area contributed by atoms with Crippen LogP contribution in [0.4, 0.5) is 8.78 Å². The maximum Gasteiger partial charge on any atom is 0.168 e. The Morgan fingerprint density at radius 3 is 2.64 bits per heavy atom. The second-order valence-electron chi connectivity index (χ2n) is 6.83. The lowest BCUT2D eigenvalue weighted by Gasteiger charge is -2.30. The molecule has 0 amide bonds. The van der Waals surface area contributed by atoms with E-state index in [-0.39, 0.29) is 18.3 Å². The Morgan fingerprint density at radius 2 is 2.00 bits per heavy atom. The predicted octanol–water partition coefficient (Wildman–Crippen LogP) is 6.10. The number of allylic oxidation sites excluding steroid dienone is 1. The SMILES string of the molecule is C=CCCC1CCC(C(F)CCOc2ccc(OCC)c(F)c2)CC1. The molecule has 0 N–H and O–H groups in total. The van der Waals surface area contributed by atoms with E-state index in [1.165, 1.54) is 12.5 Å². The minimum atomic E-state index is -0.840. The molecule has 0 spiro atoms. The second kappa shape index (κ2) is 10.4. The van der Waals surface area contributed by atoms with E-state index in [0.29, 0.717) is 18.8 Å². The molecule has 1 aromatic rings. The topological polar surface area (TPSA) is 18.5 Å². The summed E-state index contributed by atoms with van der Waals surface area (Å²) in [6.45, 7) is 6.25. The first-order chi connectivity index (χ1) is 12.1. The third-order valence-electron chi connectivity index (χ3n) is 5.05. The highest BCUT2D eigenvalue weighted by molar-refractivity contribution is 5.33. The van der Waals surface area contributed by atoms with Gasteiger partial charge in [0.1, 0.15) is 11.9 Å². The summed E-state index contributed by atoms with van der Waals surface area (Å²) in [6, 6.07) is 4.50. The number of halogens is 2. The molecule has 4 heteroatoms. The third-order valence-corrected chi connectivity index (χ3v) is 5.05. The van der Waals surface area contributed by atoms with Gasteiger partial charge in [-0.25, -0.2) is 8.78 Å².